The van der Waals surface area contributed by atoms with E-state index in [-0.39, 0.29) is 5.69 Å². The van der Waals surface area contributed by atoms with Crippen molar-refractivity contribution < 1.29 is 9.65 Å². The van der Waals surface area contributed by atoms with Crippen LogP contribution in [0.15, 0.2) is 42.6 Å². The van der Waals surface area contributed by atoms with Crippen molar-refractivity contribution in [2.24, 2.45) is 0 Å². The first-order chi connectivity index (χ1) is 8.09. The molecule has 0 saturated carbocycles. The third kappa shape index (κ3) is 2.08. The molecule has 0 amide bonds. The quantitative estimate of drug-likeness (QED) is 0.343. The lowest BCUT2D eigenvalue weighted by Gasteiger charge is -2.04. The zero-order valence-corrected chi connectivity index (χ0v) is 9.16. The molecule has 86 valence electrons. The van der Waals surface area contributed by atoms with Crippen LogP contribution in [0.25, 0.3) is 11.1 Å². The van der Waals surface area contributed by atoms with E-state index in [0.29, 0.717) is 16.8 Å². The number of nitro groups is 1. The van der Waals surface area contributed by atoms with E-state index in [2.05, 4.69) is 0 Å². The Morgan fingerprint density at radius 3 is 2.59 bits per heavy atom. The van der Waals surface area contributed by atoms with Gasteiger partial charge in [-0.2, -0.15) is 4.73 Å². The second kappa shape index (κ2) is 4.21. The normalized spacial score (nSPS) is 10.2. The van der Waals surface area contributed by atoms with Crippen molar-refractivity contribution in [3.05, 3.63) is 63.6 Å². The highest BCUT2D eigenvalue weighted by atomic mass is 16.6. The Bertz CT molecular complexity index is 582. The molecule has 17 heavy (non-hydrogen) atoms. The van der Waals surface area contributed by atoms with Crippen LogP contribution in [0.2, 0.25) is 0 Å². The molecular formula is C12H10N2O3. The van der Waals surface area contributed by atoms with Crippen LogP contribution >= 0.6 is 0 Å². The molecule has 0 bridgehead atoms. The predicted octanol–water partition coefficient (Wildman–Crippen LogP) is 2.20. The molecule has 0 atom stereocenters. The van der Waals surface area contributed by atoms with E-state index in [1.54, 1.807) is 37.3 Å². The summed E-state index contributed by atoms with van der Waals surface area (Å²) in [5, 5.41) is 22.1. The lowest BCUT2D eigenvalue weighted by atomic mass is 10.0. The van der Waals surface area contributed by atoms with E-state index in [0.717, 1.165) is 4.73 Å². The summed E-state index contributed by atoms with van der Waals surface area (Å²) in [7, 11) is 0. The Balaban J connectivity index is 2.60. The minimum absolute atomic E-state index is 0.0375. The van der Waals surface area contributed by atoms with Gasteiger partial charge < -0.3 is 5.21 Å². The number of nitro benzene ring substituents is 1. The van der Waals surface area contributed by atoms with Gasteiger partial charge in [0, 0.05) is 30.7 Å². The van der Waals surface area contributed by atoms with Gasteiger partial charge in [-0.1, -0.05) is 12.1 Å². The van der Waals surface area contributed by atoms with Gasteiger partial charge in [0.15, 0.2) is 11.9 Å². The maximum Gasteiger partial charge on any atom is 0.277 e. The van der Waals surface area contributed by atoms with Gasteiger partial charge in [0.1, 0.15) is 0 Å². The third-order valence-electron chi connectivity index (χ3n) is 2.51. The molecule has 0 aliphatic rings. The molecule has 5 nitrogen and oxygen atoms in total. The van der Waals surface area contributed by atoms with Crippen LogP contribution in [0.1, 0.15) is 5.69 Å². The number of rotatable bonds is 2. The maximum atomic E-state index is 11.2. The summed E-state index contributed by atoms with van der Waals surface area (Å²) >= 11 is 0. The van der Waals surface area contributed by atoms with Crippen LogP contribution in [-0.2, 0) is 0 Å². The van der Waals surface area contributed by atoms with E-state index >= 15 is 0 Å². The van der Waals surface area contributed by atoms with Gasteiger partial charge in [0.25, 0.3) is 5.69 Å². The number of nitrogens with zero attached hydrogens (tertiary/aromatic N) is 2. The van der Waals surface area contributed by atoms with Crippen LogP contribution < -0.4 is 4.73 Å². The maximum absolute atomic E-state index is 11.2. The molecule has 0 aliphatic heterocycles. The molecule has 0 fully saturated rings. The van der Waals surface area contributed by atoms with Crippen LogP contribution in [0.5, 0.6) is 0 Å². The summed E-state index contributed by atoms with van der Waals surface area (Å²) < 4.78 is 0.721. The van der Waals surface area contributed by atoms with Gasteiger partial charge in [0.2, 0.25) is 0 Å². The highest BCUT2D eigenvalue weighted by Gasteiger charge is 2.15. The summed E-state index contributed by atoms with van der Waals surface area (Å²) in [4.78, 5) is 10.5. The fourth-order valence-corrected chi connectivity index (χ4v) is 1.65. The van der Waals surface area contributed by atoms with Crippen molar-refractivity contribution in [3.63, 3.8) is 0 Å². The van der Waals surface area contributed by atoms with E-state index in [1.165, 1.54) is 12.3 Å². The predicted molar refractivity (Wildman–Crippen MR) is 62.2 cm³/mol. The average molecular weight is 230 g/mol. The molecule has 1 aromatic heterocycles. The minimum atomic E-state index is -0.428. The Kier molecular flexibility index (Phi) is 2.74. The van der Waals surface area contributed by atoms with Crippen molar-refractivity contribution in [1.29, 1.82) is 0 Å². The van der Waals surface area contributed by atoms with Crippen molar-refractivity contribution in [2.45, 2.75) is 6.92 Å². The summed E-state index contributed by atoms with van der Waals surface area (Å²) in [6, 6.07) is 9.67. The number of hydrogen-bond acceptors (Lipinski definition) is 3. The number of aryl methyl sites for hydroxylation is 1. The Labute approximate surface area is 97.7 Å². The molecule has 0 N–H and O–H groups in total. The van der Waals surface area contributed by atoms with E-state index < -0.39 is 4.92 Å². The van der Waals surface area contributed by atoms with Gasteiger partial charge in [-0.15, -0.1) is 0 Å². The third-order valence-corrected chi connectivity index (χ3v) is 2.51. The number of aromatic nitrogens is 1. The lowest BCUT2D eigenvalue weighted by Crippen LogP contribution is -2.28. The SMILES string of the molecule is Cc1cc(-c2ccccc2[N+](=O)[O-])cc[n+]1[O-]. The molecule has 1 aromatic carbocycles. The average Bonchev–Trinajstić information content (AvgIpc) is 2.32. The Morgan fingerprint density at radius 2 is 1.94 bits per heavy atom. The van der Waals surface area contributed by atoms with Crippen LogP contribution in [0, 0.1) is 22.2 Å². The van der Waals surface area contributed by atoms with Gasteiger partial charge in [-0.05, 0) is 6.07 Å². The topological polar surface area (TPSA) is 70.1 Å². The first kappa shape index (κ1) is 11.1. The smallest absolute Gasteiger partial charge is 0.277 e. The Hall–Kier alpha value is -2.43. The number of para-hydroxylation sites is 1. The first-order valence-corrected chi connectivity index (χ1v) is 5.03. The minimum Gasteiger partial charge on any atom is -0.619 e. The van der Waals surface area contributed by atoms with Crippen LogP contribution in [-0.4, -0.2) is 4.92 Å². The Morgan fingerprint density at radius 1 is 1.24 bits per heavy atom. The summed E-state index contributed by atoms with van der Waals surface area (Å²) in [5.74, 6) is 0. The standard InChI is InChI=1S/C12H10N2O3/c1-9-8-10(6-7-13(9)15)11-4-2-3-5-12(11)14(16)17/h2-8H,1H3. The second-order valence-corrected chi connectivity index (χ2v) is 3.66. The summed E-state index contributed by atoms with van der Waals surface area (Å²) in [6.45, 7) is 1.66. The molecule has 0 radical (unpaired) electrons. The largest absolute Gasteiger partial charge is 0.619 e. The zero-order valence-electron chi connectivity index (χ0n) is 9.16. The number of pyridine rings is 1. The molecule has 2 aromatic rings. The highest BCUT2D eigenvalue weighted by Crippen LogP contribution is 2.28. The van der Waals surface area contributed by atoms with E-state index in [9.17, 15) is 15.3 Å². The van der Waals surface area contributed by atoms with Gasteiger partial charge in [-0.25, -0.2) is 0 Å². The summed E-state index contributed by atoms with van der Waals surface area (Å²) in [5.41, 5.74) is 1.72. The number of benzene rings is 1. The summed E-state index contributed by atoms with van der Waals surface area (Å²) in [6.07, 6.45) is 1.35. The fourth-order valence-electron chi connectivity index (χ4n) is 1.65. The fraction of sp³-hybridized carbons (Fsp3) is 0.0833. The van der Waals surface area contributed by atoms with Crippen molar-refractivity contribution >= 4 is 5.69 Å². The van der Waals surface area contributed by atoms with Crippen LogP contribution in [0.4, 0.5) is 5.69 Å². The van der Waals surface area contributed by atoms with Gasteiger partial charge in [-0.3, -0.25) is 10.1 Å². The number of hydrogen-bond donors (Lipinski definition) is 0. The van der Waals surface area contributed by atoms with Gasteiger partial charge in [0.05, 0.1) is 10.5 Å². The highest BCUT2D eigenvalue weighted by molar-refractivity contribution is 5.73. The zero-order chi connectivity index (χ0) is 12.4. The van der Waals surface area contributed by atoms with Gasteiger partial charge >= 0.3 is 0 Å². The molecule has 0 aliphatic carbocycles. The molecule has 5 heteroatoms. The van der Waals surface area contributed by atoms with Crippen molar-refractivity contribution in [2.75, 3.05) is 0 Å². The van der Waals surface area contributed by atoms with Crippen LogP contribution in [0.3, 0.4) is 0 Å². The second-order valence-electron chi connectivity index (χ2n) is 3.66. The van der Waals surface area contributed by atoms with E-state index in [4.69, 9.17) is 0 Å². The molecule has 1 heterocycles. The van der Waals surface area contributed by atoms with Crippen molar-refractivity contribution in [1.82, 2.24) is 0 Å². The monoisotopic (exact) mass is 230 g/mol. The van der Waals surface area contributed by atoms with Crippen molar-refractivity contribution in [3.8, 4) is 11.1 Å². The lowest BCUT2D eigenvalue weighted by molar-refractivity contribution is -0.612. The van der Waals surface area contributed by atoms with E-state index in [1.807, 2.05) is 0 Å². The molecule has 0 saturated heterocycles. The molecule has 0 spiro atoms. The first-order valence-electron chi connectivity index (χ1n) is 5.03. The molecule has 2 rings (SSSR count). The molecular weight excluding hydrogens is 220 g/mol. The molecule has 0 unspecified atom stereocenters.